The lowest BCUT2D eigenvalue weighted by atomic mass is 10.2. The molecule has 0 aliphatic heterocycles. The molecule has 0 fully saturated rings. The van der Waals surface area contributed by atoms with Crippen LogP contribution in [0.3, 0.4) is 0 Å². The number of hydrogen-bond acceptors (Lipinski definition) is 4. The normalized spacial score (nSPS) is 12.5. The van der Waals surface area contributed by atoms with Crippen molar-refractivity contribution in [2.75, 3.05) is 10.6 Å². The highest BCUT2D eigenvalue weighted by Gasteiger charge is 2.33. The molecule has 0 saturated carbocycles. The molecule has 1 atom stereocenters. The number of aromatic nitrogens is 2. The number of nitrogens with zero attached hydrogens (tertiary/aromatic N) is 2. The summed E-state index contributed by atoms with van der Waals surface area (Å²) in [7, 11) is 0. The molecule has 0 aliphatic carbocycles. The van der Waals surface area contributed by atoms with E-state index in [9.17, 15) is 18.0 Å². The van der Waals surface area contributed by atoms with E-state index in [1.807, 2.05) is 0 Å². The van der Waals surface area contributed by atoms with Gasteiger partial charge in [0, 0.05) is 11.9 Å². The average molecular weight is 310 g/mol. The van der Waals surface area contributed by atoms with Crippen molar-refractivity contribution in [1.29, 1.82) is 0 Å². The first-order valence-electron chi connectivity index (χ1n) is 6.39. The molecule has 1 aromatic carbocycles. The SMILES string of the molecule is C[C@@H](Nc1nccc(C(F)(F)F)n1)C(=O)Nc1ccccc1. The number of hydrogen-bond donors (Lipinski definition) is 2. The summed E-state index contributed by atoms with van der Waals surface area (Å²) in [5.74, 6) is -0.669. The molecule has 0 bridgehead atoms. The summed E-state index contributed by atoms with van der Waals surface area (Å²) in [6.07, 6.45) is -3.57. The largest absolute Gasteiger partial charge is 0.433 e. The summed E-state index contributed by atoms with van der Waals surface area (Å²) in [6, 6.07) is 8.67. The van der Waals surface area contributed by atoms with Gasteiger partial charge in [0.25, 0.3) is 0 Å². The van der Waals surface area contributed by atoms with Gasteiger partial charge in [0.15, 0.2) is 0 Å². The molecule has 0 spiro atoms. The van der Waals surface area contributed by atoms with E-state index in [1.54, 1.807) is 30.3 Å². The molecule has 1 heterocycles. The Morgan fingerprint density at radius 1 is 1.18 bits per heavy atom. The Hall–Kier alpha value is -2.64. The van der Waals surface area contributed by atoms with Gasteiger partial charge in [-0.1, -0.05) is 18.2 Å². The van der Waals surface area contributed by atoms with E-state index in [0.29, 0.717) is 5.69 Å². The number of benzene rings is 1. The molecule has 0 saturated heterocycles. The monoisotopic (exact) mass is 310 g/mol. The minimum atomic E-state index is -4.56. The molecule has 2 aromatic rings. The lowest BCUT2D eigenvalue weighted by molar-refractivity contribution is -0.141. The second-order valence-electron chi connectivity index (χ2n) is 4.48. The summed E-state index contributed by atoms with van der Waals surface area (Å²) in [5.41, 5.74) is -0.480. The van der Waals surface area contributed by atoms with Gasteiger partial charge < -0.3 is 10.6 Å². The minimum absolute atomic E-state index is 0.259. The summed E-state index contributed by atoms with van der Waals surface area (Å²) in [4.78, 5) is 19.0. The first kappa shape index (κ1) is 15.7. The molecule has 1 aromatic heterocycles. The van der Waals surface area contributed by atoms with Gasteiger partial charge in [-0.2, -0.15) is 13.2 Å². The van der Waals surface area contributed by atoms with Crippen molar-refractivity contribution in [2.45, 2.75) is 19.1 Å². The number of para-hydroxylation sites is 1. The highest BCUT2D eigenvalue weighted by molar-refractivity contribution is 5.95. The molecule has 0 aliphatic rings. The van der Waals surface area contributed by atoms with Crippen molar-refractivity contribution in [3.05, 3.63) is 48.3 Å². The number of carbonyl (C=O) groups excluding carboxylic acids is 1. The van der Waals surface area contributed by atoms with Gasteiger partial charge in [0.2, 0.25) is 11.9 Å². The Labute approximate surface area is 124 Å². The Morgan fingerprint density at radius 2 is 1.86 bits per heavy atom. The fourth-order valence-corrected chi connectivity index (χ4v) is 1.62. The zero-order chi connectivity index (χ0) is 16.2. The van der Waals surface area contributed by atoms with Gasteiger partial charge in [-0.15, -0.1) is 0 Å². The van der Waals surface area contributed by atoms with Crippen LogP contribution in [-0.4, -0.2) is 21.9 Å². The number of anilines is 2. The van der Waals surface area contributed by atoms with E-state index >= 15 is 0 Å². The molecule has 0 unspecified atom stereocenters. The third-order valence-corrected chi connectivity index (χ3v) is 2.73. The van der Waals surface area contributed by atoms with Crippen LogP contribution in [0.1, 0.15) is 12.6 Å². The van der Waals surface area contributed by atoms with Gasteiger partial charge >= 0.3 is 6.18 Å². The number of amides is 1. The fraction of sp³-hybridized carbons (Fsp3) is 0.214. The van der Waals surface area contributed by atoms with Crippen molar-refractivity contribution in [3.63, 3.8) is 0 Å². The maximum absolute atomic E-state index is 12.6. The van der Waals surface area contributed by atoms with Crippen LogP contribution in [0.25, 0.3) is 0 Å². The number of nitrogens with one attached hydrogen (secondary N) is 2. The topological polar surface area (TPSA) is 66.9 Å². The Balaban J connectivity index is 2.02. The van der Waals surface area contributed by atoms with E-state index in [-0.39, 0.29) is 5.95 Å². The van der Waals surface area contributed by atoms with E-state index in [1.165, 1.54) is 6.92 Å². The van der Waals surface area contributed by atoms with Crippen LogP contribution in [0.5, 0.6) is 0 Å². The highest BCUT2D eigenvalue weighted by Crippen LogP contribution is 2.27. The maximum Gasteiger partial charge on any atom is 0.433 e. The zero-order valence-electron chi connectivity index (χ0n) is 11.6. The molecule has 1 amide bonds. The molecule has 2 N–H and O–H groups in total. The van der Waals surface area contributed by atoms with E-state index in [0.717, 1.165) is 12.3 Å². The lowest BCUT2D eigenvalue weighted by Crippen LogP contribution is -2.32. The molecule has 116 valence electrons. The Morgan fingerprint density at radius 3 is 2.50 bits per heavy atom. The second kappa shape index (κ2) is 6.42. The second-order valence-corrected chi connectivity index (χ2v) is 4.48. The summed E-state index contributed by atoms with van der Waals surface area (Å²) in [5, 5.41) is 5.17. The number of alkyl halides is 3. The molecular formula is C14H13F3N4O. The van der Waals surface area contributed by atoms with Gasteiger partial charge in [-0.25, -0.2) is 9.97 Å². The van der Waals surface area contributed by atoms with Crippen LogP contribution >= 0.6 is 0 Å². The van der Waals surface area contributed by atoms with E-state index in [2.05, 4.69) is 20.6 Å². The first-order valence-corrected chi connectivity index (χ1v) is 6.39. The van der Waals surface area contributed by atoms with E-state index < -0.39 is 23.8 Å². The number of rotatable bonds is 4. The van der Waals surface area contributed by atoms with Gasteiger partial charge in [0.05, 0.1) is 0 Å². The molecule has 22 heavy (non-hydrogen) atoms. The van der Waals surface area contributed by atoms with Crippen LogP contribution < -0.4 is 10.6 Å². The molecule has 8 heteroatoms. The van der Waals surface area contributed by atoms with Crippen LogP contribution in [0, 0.1) is 0 Å². The van der Waals surface area contributed by atoms with Crippen molar-refractivity contribution < 1.29 is 18.0 Å². The molecule has 0 radical (unpaired) electrons. The smallest absolute Gasteiger partial charge is 0.343 e. The van der Waals surface area contributed by atoms with Crippen molar-refractivity contribution >= 4 is 17.5 Å². The zero-order valence-corrected chi connectivity index (χ0v) is 11.6. The molecule has 5 nitrogen and oxygen atoms in total. The van der Waals surface area contributed by atoms with Gasteiger partial charge in [-0.3, -0.25) is 4.79 Å². The third kappa shape index (κ3) is 4.18. The van der Waals surface area contributed by atoms with Gasteiger partial charge in [0.1, 0.15) is 11.7 Å². The van der Waals surface area contributed by atoms with Crippen LogP contribution in [0.15, 0.2) is 42.6 Å². The van der Waals surface area contributed by atoms with Crippen LogP contribution in [0.4, 0.5) is 24.8 Å². The summed E-state index contributed by atoms with van der Waals surface area (Å²) >= 11 is 0. The number of halogens is 3. The summed E-state index contributed by atoms with van der Waals surface area (Å²) < 4.78 is 37.7. The predicted molar refractivity (Wildman–Crippen MR) is 75.2 cm³/mol. The number of carbonyl (C=O) groups is 1. The quantitative estimate of drug-likeness (QED) is 0.911. The highest BCUT2D eigenvalue weighted by atomic mass is 19.4. The lowest BCUT2D eigenvalue weighted by Gasteiger charge is -2.14. The Bertz CT molecular complexity index is 646. The maximum atomic E-state index is 12.6. The van der Waals surface area contributed by atoms with Crippen molar-refractivity contribution in [3.8, 4) is 0 Å². The van der Waals surface area contributed by atoms with E-state index in [4.69, 9.17) is 0 Å². The molecular weight excluding hydrogens is 297 g/mol. The first-order chi connectivity index (χ1) is 10.4. The van der Waals surface area contributed by atoms with Crippen LogP contribution in [-0.2, 0) is 11.0 Å². The van der Waals surface area contributed by atoms with Crippen LogP contribution in [0.2, 0.25) is 0 Å². The molecule has 2 rings (SSSR count). The average Bonchev–Trinajstić information content (AvgIpc) is 2.47. The van der Waals surface area contributed by atoms with Gasteiger partial charge in [-0.05, 0) is 25.1 Å². The van der Waals surface area contributed by atoms with Crippen molar-refractivity contribution in [2.24, 2.45) is 0 Å². The Kier molecular flexibility index (Phi) is 4.59. The minimum Gasteiger partial charge on any atom is -0.343 e. The van der Waals surface area contributed by atoms with Crippen molar-refractivity contribution in [1.82, 2.24) is 9.97 Å². The fourth-order valence-electron chi connectivity index (χ4n) is 1.62. The third-order valence-electron chi connectivity index (χ3n) is 2.73. The predicted octanol–water partition coefficient (Wildman–Crippen LogP) is 2.93. The summed E-state index contributed by atoms with van der Waals surface area (Å²) in [6.45, 7) is 1.50. The standard InChI is InChI=1S/C14H13F3N4O/c1-9(12(22)20-10-5-3-2-4-6-10)19-13-18-8-7-11(21-13)14(15,16)17/h2-9H,1H3,(H,20,22)(H,18,19,21)/t9-/m1/s1.